The fourth-order valence-electron chi connectivity index (χ4n) is 2.11. The Morgan fingerprint density at radius 3 is 2.79 bits per heavy atom. The Morgan fingerprint density at radius 2 is 2.05 bits per heavy atom. The van der Waals surface area contributed by atoms with E-state index >= 15 is 0 Å². The highest BCUT2D eigenvalue weighted by Crippen LogP contribution is 2.09. The number of hydrogen-bond acceptors (Lipinski definition) is 3. The van der Waals surface area contributed by atoms with Crippen molar-refractivity contribution in [3.8, 4) is 0 Å². The molecule has 0 aliphatic heterocycles. The van der Waals surface area contributed by atoms with Crippen LogP contribution in [0.1, 0.15) is 36.7 Å². The molecule has 19 heavy (non-hydrogen) atoms. The number of aromatic nitrogens is 2. The van der Waals surface area contributed by atoms with Crippen LogP contribution in [0.2, 0.25) is 0 Å². The van der Waals surface area contributed by atoms with Gasteiger partial charge in [-0.1, -0.05) is 24.3 Å². The SMILES string of the molecule is CC(C)n1cncc1CNCc1cccc(CO)c1. The second-order valence-electron chi connectivity index (χ2n) is 4.97. The van der Waals surface area contributed by atoms with Gasteiger partial charge >= 0.3 is 0 Å². The van der Waals surface area contributed by atoms with Crippen molar-refractivity contribution >= 4 is 0 Å². The minimum Gasteiger partial charge on any atom is -0.392 e. The number of aliphatic hydroxyl groups excluding tert-OH is 1. The Kier molecular flexibility index (Phi) is 4.71. The maximum atomic E-state index is 9.10. The highest BCUT2D eigenvalue weighted by Gasteiger charge is 2.04. The van der Waals surface area contributed by atoms with Crippen molar-refractivity contribution in [2.45, 2.75) is 39.6 Å². The fourth-order valence-corrected chi connectivity index (χ4v) is 2.11. The lowest BCUT2D eigenvalue weighted by Crippen LogP contribution is -2.16. The van der Waals surface area contributed by atoms with Crippen LogP contribution in [-0.2, 0) is 19.7 Å². The van der Waals surface area contributed by atoms with Gasteiger partial charge in [-0.2, -0.15) is 0 Å². The van der Waals surface area contributed by atoms with Gasteiger partial charge in [0, 0.05) is 25.3 Å². The fraction of sp³-hybridized carbons (Fsp3) is 0.400. The first-order valence-electron chi connectivity index (χ1n) is 6.61. The third-order valence-electron chi connectivity index (χ3n) is 3.11. The lowest BCUT2D eigenvalue weighted by molar-refractivity contribution is 0.281. The van der Waals surface area contributed by atoms with Gasteiger partial charge in [-0.05, 0) is 25.0 Å². The summed E-state index contributed by atoms with van der Waals surface area (Å²) in [6.45, 7) is 5.97. The molecule has 0 unspecified atom stereocenters. The molecule has 4 heteroatoms. The molecular formula is C15H21N3O. The Bertz CT molecular complexity index is 520. The van der Waals surface area contributed by atoms with E-state index in [-0.39, 0.29) is 6.61 Å². The Labute approximate surface area is 114 Å². The van der Waals surface area contributed by atoms with Crippen LogP contribution in [0.5, 0.6) is 0 Å². The maximum Gasteiger partial charge on any atom is 0.0951 e. The van der Waals surface area contributed by atoms with E-state index in [1.807, 2.05) is 30.7 Å². The Balaban J connectivity index is 1.90. The number of benzene rings is 1. The van der Waals surface area contributed by atoms with E-state index in [2.05, 4.69) is 34.8 Å². The Hall–Kier alpha value is -1.65. The van der Waals surface area contributed by atoms with Crippen LogP contribution in [0.3, 0.4) is 0 Å². The average molecular weight is 259 g/mol. The van der Waals surface area contributed by atoms with E-state index in [1.54, 1.807) is 0 Å². The molecule has 2 N–H and O–H groups in total. The molecule has 2 rings (SSSR count). The molecule has 2 aromatic rings. The quantitative estimate of drug-likeness (QED) is 0.836. The molecule has 0 atom stereocenters. The van der Waals surface area contributed by atoms with E-state index in [4.69, 9.17) is 5.11 Å². The second-order valence-corrected chi connectivity index (χ2v) is 4.97. The van der Waals surface area contributed by atoms with Gasteiger partial charge in [-0.3, -0.25) is 0 Å². The topological polar surface area (TPSA) is 50.1 Å². The van der Waals surface area contributed by atoms with Gasteiger partial charge in [0.25, 0.3) is 0 Å². The lowest BCUT2D eigenvalue weighted by Gasteiger charge is -2.12. The molecular weight excluding hydrogens is 238 g/mol. The second kappa shape index (κ2) is 6.50. The third-order valence-corrected chi connectivity index (χ3v) is 3.11. The highest BCUT2D eigenvalue weighted by atomic mass is 16.3. The summed E-state index contributed by atoms with van der Waals surface area (Å²) in [5.74, 6) is 0. The molecule has 0 radical (unpaired) electrons. The van der Waals surface area contributed by atoms with Crippen molar-refractivity contribution in [3.63, 3.8) is 0 Å². The third kappa shape index (κ3) is 3.66. The van der Waals surface area contributed by atoms with Crippen molar-refractivity contribution in [1.29, 1.82) is 0 Å². The van der Waals surface area contributed by atoms with Crippen LogP contribution in [0.4, 0.5) is 0 Å². The molecule has 1 aromatic carbocycles. The van der Waals surface area contributed by atoms with Crippen molar-refractivity contribution in [3.05, 3.63) is 53.6 Å². The summed E-state index contributed by atoms with van der Waals surface area (Å²) in [4.78, 5) is 4.19. The molecule has 4 nitrogen and oxygen atoms in total. The molecule has 0 amide bonds. The number of nitrogens with one attached hydrogen (secondary N) is 1. The molecule has 1 aromatic heterocycles. The zero-order valence-electron chi connectivity index (χ0n) is 11.5. The van der Waals surface area contributed by atoms with Gasteiger partial charge in [-0.25, -0.2) is 4.98 Å². The van der Waals surface area contributed by atoms with Gasteiger partial charge in [-0.15, -0.1) is 0 Å². The van der Waals surface area contributed by atoms with Crippen molar-refractivity contribution in [2.75, 3.05) is 0 Å². The smallest absolute Gasteiger partial charge is 0.0951 e. The summed E-state index contributed by atoms with van der Waals surface area (Å²) in [7, 11) is 0. The van der Waals surface area contributed by atoms with Gasteiger partial charge in [0.1, 0.15) is 0 Å². The normalized spacial score (nSPS) is 11.2. The largest absolute Gasteiger partial charge is 0.392 e. The summed E-state index contributed by atoms with van der Waals surface area (Å²) < 4.78 is 2.16. The maximum absolute atomic E-state index is 9.10. The molecule has 102 valence electrons. The van der Waals surface area contributed by atoms with Crippen molar-refractivity contribution in [1.82, 2.24) is 14.9 Å². The van der Waals surface area contributed by atoms with E-state index in [9.17, 15) is 0 Å². The molecule has 0 aliphatic carbocycles. The number of hydrogen-bond donors (Lipinski definition) is 2. The van der Waals surface area contributed by atoms with Crippen LogP contribution in [0.25, 0.3) is 0 Å². The van der Waals surface area contributed by atoms with Gasteiger partial charge < -0.3 is 15.0 Å². The van der Waals surface area contributed by atoms with Crippen LogP contribution < -0.4 is 5.32 Å². The van der Waals surface area contributed by atoms with Crippen LogP contribution >= 0.6 is 0 Å². The van der Waals surface area contributed by atoms with E-state index < -0.39 is 0 Å². The molecule has 1 heterocycles. The van der Waals surface area contributed by atoms with Crippen LogP contribution in [0, 0.1) is 0 Å². The molecule has 0 spiro atoms. The van der Waals surface area contributed by atoms with Crippen molar-refractivity contribution < 1.29 is 5.11 Å². The minimum atomic E-state index is 0.0912. The average Bonchev–Trinajstić information content (AvgIpc) is 2.87. The minimum absolute atomic E-state index is 0.0912. The highest BCUT2D eigenvalue weighted by molar-refractivity contribution is 5.22. The molecule has 0 aliphatic rings. The standard InChI is InChI=1S/C15H21N3O/c1-12(2)18-11-17-9-15(18)8-16-7-13-4-3-5-14(6-13)10-19/h3-6,9,11-12,16,19H,7-8,10H2,1-2H3. The molecule has 0 saturated heterocycles. The molecule has 0 saturated carbocycles. The zero-order chi connectivity index (χ0) is 13.7. The van der Waals surface area contributed by atoms with Crippen LogP contribution in [-0.4, -0.2) is 14.7 Å². The predicted octanol–water partition coefficient (Wildman–Crippen LogP) is 2.25. The number of nitrogens with zero attached hydrogens (tertiary/aromatic N) is 2. The first kappa shape index (κ1) is 13.8. The van der Waals surface area contributed by atoms with Gasteiger partial charge in [0.2, 0.25) is 0 Å². The summed E-state index contributed by atoms with van der Waals surface area (Å²) >= 11 is 0. The number of imidazole rings is 1. The van der Waals surface area contributed by atoms with Gasteiger partial charge in [0.15, 0.2) is 0 Å². The Morgan fingerprint density at radius 1 is 1.26 bits per heavy atom. The summed E-state index contributed by atoms with van der Waals surface area (Å²) in [6.07, 6.45) is 3.77. The first-order chi connectivity index (χ1) is 9.20. The summed E-state index contributed by atoms with van der Waals surface area (Å²) in [5.41, 5.74) is 3.32. The monoisotopic (exact) mass is 259 g/mol. The molecule has 0 fully saturated rings. The number of aliphatic hydroxyl groups is 1. The summed E-state index contributed by atoms with van der Waals surface area (Å²) in [5, 5.41) is 12.5. The van der Waals surface area contributed by atoms with Gasteiger partial charge in [0.05, 0.1) is 18.6 Å². The van der Waals surface area contributed by atoms with Crippen LogP contribution in [0.15, 0.2) is 36.8 Å². The zero-order valence-corrected chi connectivity index (χ0v) is 11.5. The lowest BCUT2D eigenvalue weighted by atomic mass is 10.1. The predicted molar refractivity (Wildman–Crippen MR) is 75.5 cm³/mol. The molecule has 0 bridgehead atoms. The van der Waals surface area contributed by atoms with E-state index in [0.717, 1.165) is 18.7 Å². The first-order valence-corrected chi connectivity index (χ1v) is 6.61. The number of rotatable bonds is 6. The van der Waals surface area contributed by atoms with E-state index in [1.165, 1.54) is 11.3 Å². The van der Waals surface area contributed by atoms with Crippen molar-refractivity contribution in [2.24, 2.45) is 0 Å². The summed E-state index contributed by atoms with van der Waals surface area (Å²) in [6, 6.07) is 8.41. The van der Waals surface area contributed by atoms with E-state index in [0.29, 0.717) is 6.04 Å².